The fourth-order valence-corrected chi connectivity index (χ4v) is 5.40. The monoisotopic (exact) mass is 579 g/mol. The standard InChI is InChI=1S/C28H38FN3O7S/c1-21(2)38-16-4-13-30-28(34)22(3)32(19-23-5-7-24(29)8-6-23)27(33)20-39-25-9-11-26(12-10-25)40(35,36)31-14-17-37-18-15-31/h5-12,21-22H,4,13-20H2,1-3H3,(H,30,34). The van der Waals surface area contributed by atoms with Gasteiger partial charge in [-0.15, -0.1) is 0 Å². The molecule has 220 valence electrons. The maximum atomic E-state index is 13.4. The minimum Gasteiger partial charge on any atom is -0.484 e. The molecule has 0 spiro atoms. The number of rotatable bonds is 14. The number of carbonyl (C=O) groups is 2. The van der Waals surface area contributed by atoms with Crippen LogP contribution in [-0.2, 0) is 35.6 Å². The second-order valence-corrected chi connectivity index (χ2v) is 11.6. The normalized spacial score (nSPS) is 15.0. The number of nitrogens with one attached hydrogen (secondary N) is 1. The summed E-state index contributed by atoms with van der Waals surface area (Å²) in [7, 11) is -3.65. The molecule has 1 fully saturated rings. The van der Waals surface area contributed by atoms with E-state index < -0.39 is 27.8 Å². The molecule has 1 atom stereocenters. The van der Waals surface area contributed by atoms with Crippen molar-refractivity contribution in [2.75, 3.05) is 46.1 Å². The quantitative estimate of drug-likeness (QED) is 0.342. The zero-order chi connectivity index (χ0) is 29.1. The second-order valence-electron chi connectivity index (χ2n) is 9.66. The Bertz CT molecular complexity index is 1200. The Morgan fingerprint density at radius 3 is 2.33 bits per heavy atom. The van der Waals surface area contributed by atoms with Crippen LogP contribution < -0.4 is 10.1 Å². The summed E-state index contributed by atoms with van der Waals surface area (Å²) in [5.41, 5.74) is 0.650. The van der Waals surface area contributed by atoms with Crippen LogP contribution in [0.5, 0.6) is 5.75 Å². The number of hydrogen-bond acceptors (Lipinski definition) is 7. The molecule has 1 saturated heterocycles. The first-order chi connectivity index (χ1) is 19.1. The molecule has 0 aromatic heterocycles. The van der Waals surface area contributed by atoms with Gasteiger partial charge in [-0.2, -0.15) is 4.31 Å². The van der Waals surface area contributed by atoms with Crippen LogP contribution in [0.4, 0.5) is 4.39 Å². The van der Waals surface area contributed by atoms with Crippen molar-refractivity contribution >= 4 is 21.8 Å². The van der Waals surface area contributed by atoms with Crippen LogP contribution in [0.25, 0.3) is 0 Å². The molecule has 0 bridgehead atoms. The van der Waals surface area contributed by atoms with E-state index in [1.165, 1.54) is 45.6 Å². The van der Waals surface area contributed by atoms with Gasteiger partial charge in [0.15, 0.2) is 6.61 Å². The van der Waals surface area contributed by atoms with Crippen molar-refractivity contribution in [1.82, 2.24) is 14.5 Å². The number of morpholine rings is 1. The van der Waals surface area contributed by atoms with Gasteiger partial charge in [-0.1, -0.05) is 12.1 Å². The maximum Gasteiger partial charge on any atom is 0.261 e. The summed E-state index contributed by atoms with van der Waals surface area (Å²) in [6.07, 6.45) is 0.729. The fourth-order valence-electron chi connectivity index (χ4n) is 3.99. The van der Waals surface area contributed by atoms with Crippen LogP contribution in [0.1, 0.15) is 32.8 Å². The highest BCUT2D eigenvalue weighted by Crippen LogP contribution is 2.21. The van der Waals surface area contributed by atoms with Crippen LogP contribution in [-0.4, -0.2) is 87.6 Å². The molecule has 0 aliphatic carbocycles. The Kier molecular flexibility index (Phi) is 11.9. The van der Waals surface area contributed by atoms with Crippen LogP contribution >= 0.6 is 0 Å². The number of hydrogen-bond donors (Lipinski definition) is 1. The summed E-state index contributed by atoms with van der Waals surface area (Å²) in [5, 5.41) is 2.83. The molecule has 2 aromatic rings. The molecule has 2 amide bonds. The molecule has 2 aromatic carbocycles. The van der Waals surface area contributed by atoms with Crippen molar-refractivity contribution in [3.63, 3.8) is 0 Å². The molecular weight excluding hydrogens is 541 g/mol. The Labute approximate surface area is 235 Å². The van der Waals surface area contributed by atoms with Crippen molar-refractivity contribution in [2.45, 2.75) is 50.8 Å². The van der Waals surface area contributed by atoms with Gasteiger partial charge in [0, 0.05) is 32.8 Å². The van der Waals surface area contributed by atoms with Crippen LogP contribution in [0, 0.1) is 5.82 Å². The minimum atomic E-state index is -3.65. The number of carbonyl (C=O) groups excluding carboxylic acids is 2. The number of ether oxygens (including phenoxy) is 3. The lowest BCUT2D eigenvalue weighted by Crippen LogP contribution is -2.49. The van der Waals surface area contributed by atoms with Crippen molar-refractivity contribution < 1.29 is 36.6 Å². The van der Waals surface area contributed by atoms with Gasteiger partial charge in [0.1, 0.15) is 17.6 Å². The summed E-state index contributed by atoms with van der Waals surface area (Å²) in [6, 6.07) is 10.7. The zero-order valence-electron chi connectivity index (χ0n) is 23.2. The molecule has 0 radical (unpaired) electrons. The first-order valence-electron chi connectivity index (χ1n) is 13.3. The van der Waals surface area contributed by atoms with E-state index in [9.17, 15) is 22.4 Å². The van der Waals surface area contributed by atoms with Crippen molar-refractivity contribution in [3.8, 4) is 5.75 Å². The highest BCUT2D eigenvalue weighted by atomic mass is 32.2. The van der Waals surface area contributed by atoms with Gasteiger partial charge in [-0.05, 0) is 69.2 Å². The first-order valence-corrected chi connectivity index (χ1v) is 14.8. The molecule has 1 unspecified atom stereocenters. The zero-order valence-corrected chi connectivity index (χ0v) is 24.0. The molecule has 1 aliphatic heterocycles. The number of benzene rings is 2. The predicted molar refractivity (Wildman–Crippen MR) is 147 cm³/mol. The molecule has 40 heavy (non-hydrogen) atoms. The van der Waals surface area contributed by atoms with Gasteiger partial charge in [0.2, 0.25) is 15.9 Å². The Morgan fingerprint density at radius 2 is 1.70 bits per heavy atom. The molecule has 1 heterocycles. The smallest absolute Gasteiger partial charge is 0.261 e. The van der Waals surface area contributed by atoms with Gasteiger partial charge in [0.25, 0.3) is 5.91 Å². The number of sulfonamides is 1. The molecule has 1 aliphatic rings. The SMILES string of the molecule is CC(C)OCCCNC(=O)C(C)N(Cc1ccc(F)cc1)C(=O)COc1ccc(S(=O)(=O)N2CCOCC2)cc1. The second kappa shape index (κ2) is 15.1. The van der Waals surface area contributed by atoms with E-state index >= 15 is 0 Å². The summed E-state index contributed by atoms with van der Waals surface area (Å²) >= 11 is 0. The number of halogens is 1. The van der Waals surface area contributed by atoms with E-state index in [1.807, 2.05) is 13.8 Å². The van der Waals surface area contributed by atoms with E-state index in [-0.39, 0.29) is 43.1 Å². The summed E-state index contributed by atoms with van der Waals surface area (Å²) in [6.45, 7) is 7.35. The third-order valence-corrected chi connectivity index (χ3v) is 8.21. The van der Waals surface area contributed by atoms with Crippen molar-refractivity contribution in [1.29, 1.82) is 0 Å². The van der Waals surface area contributed by atoms with E-state index in [4.69, 9.17) is 14.2 Å². The molecule has 3 rings (SSSR count). The van der Waals surface area contributed by atoms with E-state index in [0.29, 0.717) is 44.1 Å². The molecular formula is C28H38FN3O7S. The highest BCUT2D eigenvalue weighted by molar-refractivity contribution is 7.89. The van der Waals surface area contributed by atoms with Gasteiger partial charge in [-0.3, -0.25) is 9.59 Å². The number of amides is 2. The Morgan fingerprint density at radius 1 is 1.05 bits per heavy atom. The third kappa shape index (κ3) is 9.26. The van der Waals surface area contributed by atoms with E-state index in [1.54, 1.807) is 19.1 Å². The summed E-state index contributed by atoms with van der Waals surface area (Å²) in [4.78, 5) is 27.6. The molecule has 12 heteroatoms. The van der Waals surface area contributed by atoms with Crippen LogP contribution in [0.15, 0.2) is 53.4 Å². The van der Waals surface area contributed by atoms with Crippen molar-refractivity contribution in [2.24, 2.45) is 0 Å². The Balaban J connectivity index is 1.63. The minimum absolute atomic E-state index is 0.0737. The average Bonchev–Trinajstić information content (AvgIpc) is 2.95. The molecule has 0 saturated carbocycles. The van der Waals surface area contributed by atoms with Gasteiger partial charge in [0.05, 0.1) is 24.2 Å². The number of nitrogens with zero attached hydrogens (tertiary/aromatic N) is 2. The third-order valence-electron chi connectivity index (χ3n) is 6.30. The predicted octanol–water partition coefficient (Wildman–Crippen LogP) is 2.57. The highest BCUT2D eigenvalue weighted by Gasteiger charge is 2.28. The maximum absolute atomic E-state index is 13.4. The van der Waals surface area contributed by atoms with Crippen LogP contribution in [0.3, 0.4) is 0 Å². The molecule has 1 N–H and O–H groups in total. The lowest BCUT2D eigenvalue weighted by Gasteiger charge is -2.29. The average molecular weight is 580 g/mol. The lowest BCUT2D eigenvalue weighted by molar-refractivity contribution is -0.142. The molecule has 10 nitrogen and oxygen atoms in total. The van der Waals surface area contributed by atoms with Gasteiger partial charge >= 0.3 is 0 Å². The van der Waals surface area contributed by atoms with E-state index in [0.717, 1.165) is 0 Å². The van der Waals surface area contributed by atoms with Crippen LogP contribution in [0.2, 0.25) is 0 Å². The lowest BCUT2D eigenvalue weighted by atomic mass is 10.1. The summed E-state index contributed by atoms with van der Waals surface area (Å²) < 4.78 is 56.8. The fraction of sp³-hybridized carbons (Fsp3) is 0.500. The topological polar surface area (TPSA) is 114 Å². The first kappa shape index (κ1) is 31.5. The van der Waals surface area contributed by atoms with Gasteiger partial charge < -0.3 is 24.4 Å². The van der Waals surface area contributed by atoms with Gasteiger partial charge in [-0.25, -0.2) is 12.8 Å². The van der Waals surface area contributed by atoms with Crippen molar-refractivity contribution in [3.05, 3.63) is 59.9 Å². The summed E-state index contributed by atoms with van der Waals surface area (Å²) in [5.74, 6) is -0.894. The van der Waals surface area contributed by atoms with E-state index in [2.05, 4.69) is 5.32 Å². The largest absolute Gasteiger partial charge is 0.484 e. The Hall–Kier alpha value is -3.06.